The average molecular weight is 407 g/mol. The van der Waals surface area contributed by atoms with Crippen LogP contribution in [0.4, 0.5) is 11.4 Å². The Morgan fingerprint density at radius 1 is 1.07 bits per heavy atom. The van der Waals surface area contributed by atoms with Gasteiger partial charge in [-0.25, -0.2) is 8.42 Å². The zero-order chi connectivity index (χ0) is 20.6. The van der Waals surface area contributed by atoms with E-state index in [1.54, 1.807) is 24.3 Å². The van der Waals surface area contributed by atoms with Crippen molar-refractivity contribution in [3.8, 4) is 0 Å². The minimum Gasteiger partial charge on any atom is -0.321 e. The molecule has 4 rings (SSSR count). The SMILES string of the molecule is C=CCN(c1ccc(C(=O)Nc2ccc3c4c(cccc24)CC3)cc1)S(C)(=O)=O. The Morgan fingerprint density at radius 2 is 1.76 bits per heavy atom. The largest absolute Gasteiger partial charge is 0.321 e. The van der Waals surface area contributed by atoms with E-state index in [0.29, 0.717) is 11.3 Å². The van der Waals surface area contributed by atoms with Gasteiger partial charge in [-0.2, -0.15) is 0 Å². The maximum absolute atomic E-state index is 12.8. The topological polar surface area (TPSA) is 66.5 Å². The molecule has 0 unspecified atom stereocenters. The number of amides is 1. The van der Waals surface area contributed by atoms with Crippen LogP contribution < -0.4 is 9.62 Å². The molecule has 1 aliphatic carbocycles. The second-order valence-electron chi connectivity index (χ2n) is 7.20. The Morgan fingerprint density at radius 3 is 2.41 bits per heavy atom. The van der Waals surface area contributed by atoms with Crippen LogP contribution in [0.3, 0.4) is 0 Å². The molecule has 3 aromatic carbocycles. The Labute approximate surface area is 170 Å². The number of hydrogen-bond donors (Lipinski definition) is 1. The van der Waals surface area contributed by atoms with Crippen molar-refractivity contribution in [1.82, 2.24) is 0 Å². The van der Waals surface area contributed by atoms with E-state index >= 15 is 0 Å². The lowest BCUT2D eigenvalue weighted by molar-refractivity contribution is 0.102. The van der Waals surface area contributed by atoms with Crippen LogP contribution in [-0.2, 0) is 22.9 Å². The van der Waals surface area contributed by atoms with Crippen LogP contribution in [0.2, 0.25) is 0 Å². The first-order valence-electron chi connectivity index (χ1n) is 9.42. The Kier molecular flexibility index (Phi) is 4.88. The molecular weight excluding hydrogens is 384 g/mol. The lowest BCUT2D eigenvalue weighted by atomic mass is 10.0. The number of benzene rings is 3. The molecule has 0 aliphatic heterocycles. The minimum absolute atomic E-state index is 0.172. The van der Waals surface area contributed by atoms with Crippen LogP contribution >= 0.6 is 0 Å². The van der Waals surface area contributed by atoms with Crippen LogP contribution in [0.1, 0.15) is 21.5 Å². The number of rotatable bonds is 6. The first-order chi connectivity index (χ1) is 13.9. The van der Waals surface area contributed by atoms with Gasteiger partial charge in [0, 0.05) is 16.6 Å². The van der Waals surface area contributed by atoms with Gasteiger partial charge in [0.05, 0.1) is 18.5 Å². The van der Waals surface area contributed by atoms with E-state index in [9.17, 15) is 13.2 Å². The van der Waals surface area contributed by atoms with Crippen molar-refractivity contribution < 1.29 is 13.2 Å². The van der Waals surface area contributed by atoms with Crippen molar-refractivity contribution in [2.75, 3.05) is 22.4 Å². The maximum atomic E-state index is 12.8. The molecule has 0 aromatic heterocycles. The fraction of sp³-hybridized carbons (Fsp3) is 0.174. The molecule has 1 N–H and O–H groups in total. The van der Waals surface area contributed by atoms with Gasteiger partial charge < -0.3 is 5.32 Å². The van der Waals surface area contributed by atoms with Crippen molar-refractivity contribution in [3.05, 3.63) is 83.9 Å². The Hall–Kier alpha value is -3.12. The summed E-state index contributed by atoms with van der Waals surface area (Å²) in [5.74, 6) is -0.232. The van der Waals surface area contributed by atoms with E-state index in [0.717, 1.165) is 30.2 Å². The summed E-state index contributed by atoms with van der Waals surface area (Å²) in [6.45, 7) is 3.78. The van der Waals surface area contributed by atoms with Gasteiger partial charge in [-0.3, -0.25) is 9.10 Å². The third-order valence-corrected chi connectivity index (χ3v) is 6.40. The van der Waals surface area contributed by atoms with Crippen molar-refractivity contribution in [2.24, 2.45) is 0 Å². The summed E-state index contributed by atoms with van der Waals surface area (Å²) in [6, 6.07) is 16.8. The number of carbonyl (C=O) groups is 1. The molecule has 5 nitrogen and oxygen atoms in total. The van der Waals surface area contributed by atoms with Crippen LogP contribution in [0, 0.1) is 0 Å². The zero-order valence-corrected chi connectivity index (χ0v) is 17.0. The summed E-state index contributed by atoms with van der Waals surface area (Å²) in [5.41, 5.74) is 4.38. The fourth-order valence-corrected chi connectivity index (χ4v) is 4.76. The number of carbonyl (C=O) groups excluding carboxylic acids is 1. The third kappa shape index (κ3) is 3.63. The summed E-state index contributed by atoms with van der Waals surface area (Å²) in [7, 11) is -3.43. The predicted molar refractivity (Wildman–Crippen MR) is 118 cm³/mol. The lowest BCUT2D eigenvalue weighted by Gasteiger charge is -2.20. The van der Waals surface area contributed by atoms with Gasteiger partial charge in [0.15, 0.2) is 0 Å². The summed E-state index contributed by atoms with van der Waals surface area (Å²) in [6.07, 6.45) is 4.74. The summed E-state index contributed by atoms with van der Waals surface area (Å²) >= 11 is 0. The van der Waals surface area contributed by atoms with E-state index in [2.05, 4.69) is 24.0 Å². The van der Waals surface area contributed by atoms with E-state index in [4.69, 9.17) is 0 Å². The normalized spacial score (nSPS) is 12.7. The maximum Gasteiger partial charge on any atom is 0.255 e. The number of aryl methyl sites for hydroxylation is 2. The van der Waals surface area contributed by atoms with Crippen LogP contribution in [0.15, 0.2) is 67.3 Å². The molecular formula is C23H22N2O3S. The van der Waals surface area contributed by atoms with Crippen molar-refractivity contribution in [3.63, 3.8) is 0 Å². The zero-order valence-electron chi connectivity index (χ0n) is 16.2. The highest BCUT2D eigenvalue weighted by Gasteiger charge is 2.18. The first kappa shape index (κ1) is 19.2. The minimum atomic E-state index is -3.43. The van der Waals surface area contributed by atoms with Crippen LogP contribution in [0.25, 0.3) is 10.8 Å². The first-order valence-corrected chi connectivity index (χ1v) is 11.3. The number of anilines is 2. The Bertz CT molecular complexity index is 1200. The highest BCUT2D eigenvalue weighted by molar-refractivity contribution is 7.92. The van der Waals surface area contributed by atoms with E-state index in [1.165, 1.54) is 26.9 Å². The third-order valence-electron chi connectivity index (χ3n) is 5.24. The number of nitrogens with zero attached hydrogens (tertiary/aromatic N) is 1. The highest BCUT2D eigenvalue weighted by Crippen LogP contribution is 2.35. The number of hydrogen-bond acceptors (Lipinski definition) is 3. The standard InChI is InChI=1S/C23H22N2O3S/c1-3-15-25(29(2,27)28)19-12-9-18(10-13-19)23(26)24-21-14-11-17-8-7-16-5-4-6-20(21)22(16)17/h3-6,9-14H,1,7-8,15H2,2H3,(H,24,26). The van der Waals surface area contributed by atoms with Crippen molar-refractivity contribution in [1.29, 1.82) is 0 Å². The second-order valence-corrected chi connectivity index (χ2v) is 9.10. The Balaban J connectivity index is 1.60. The molecule has 0 saturated carbocycles. The summed E-state index contributed by atoms with van der Waals surface area (Å²) in [5, 5.41) is 5.30. The molecule has 148 valence electrons. The lowest BCUT2D eigenvalue weighted by Crippen LogP contribution is -2.29. The number of sulfonamides is 1. The molecule has 3 aromatic rings. The highest BCUT2D eigenvalue weighted by atomic mass is 32.2. The second kappa shape index (κ2) is 7.37. The summed E-state index contributed by atoms with van der Waals surface area (Å²) in [4.78, 5) is 12.8. The van der Waals surface area contributed by atoms with Gasteiger partial charge >= 0.3 is 0 Å². The molecule has 0 radical (unpaired) electrons. The summed E-state index contributed by atoms with van der Waals surface area (Å²) < 4.78 is 25.2. The van der Waals surface area contributed by atoms with Crippen LogP contribution in [0.5, 0.6) is 0 Å². The molecule has 0 heterocycles. The molecule has 1 aliphatic rings. The number of nitrogens with one attached hydrogen (secondary N) is 1. The van der Waals surface area contributed by atoms with Gasteiger partial charge in [-0.15, -0.1) is 6.58 Å². The smallest absolute Gasteiger partial charge is 0.255 e. The molecule has 1 amide bonds. The van der Waals surface area contributed by atoms with Gasteiger partial charge in [-0.05, 0) is 59.7 Å². The molecule has 0 atom stereocenters. The van der Waals surface area contributed by atoms with Gasteiger partial charge in [0.25, 0.3) is 5.91 Å². The van der Waals surface area contributed by atoms with Crippen molar-refractivity contribution >= 4 is 38.1 Å². The average Bonchev–Trinajstić information content (AvgIpc) is 3.12. The van der Waals surface area contributed by atoms with Gasteiger partial charge in [0.2, 0.25) is 10.0 Å². The van der Waals surface area contributed by atoms with Crippen LogP contribution in [-0.4, -0.2) is 27.1 Å². The van der Waals surface area contributed by atoms with E-state index < -0.39 is 10.0 Å². The monoisotopic (exact) mass is 406 g/mol. The van der Waals surface area contributed by atoms with E-state index in [-0.39, 0.29) is 12.5 Å². The molecule has 0 bridgehead atoms. The van der Waals surface area contributed by atoms with E-state index in [1.807, 2.05) is 18.2 Å². The molecule has 0 fully saturated rings. The van der Waals surface area contributed by atoms with Gasteiger partial charge in [-0.1, -0.05) is 30.3 Å². The van der Waals surface area contributed by atoms with Gasteiger partial charge in [0.1, 0.15) is 0 Å². The fourth-order valence-electron chi connectivity index (χ4n) is 3.88. The predicted octanol–water partition coefficient (Wildman–Crippen LogP) is 4.14. The quantitative estimate of drug-likeness (QED) is 0.626. The molecule has 6 heteroatoms. The molecule has 0 saturated heterocycles. The van der Waals surface area contributed by atoms with Crippen molar-refractivity contribution in [2.45, 2.75) is 12.8 Å². The molecule has 29 heavy (non-hydrogen) atoms. The molecule has 0 spiro atoms.